The summed E-state index contributed by atoms with van der Waals surface area (Å²) in [6, 6.07) is 7.82. The highest BCUT2D eigenvalue weighted by Gasteiger charge is 2.55. The van der Waals surface area contributed by atoms with Crippen LogP contribution in [0.2, 0.25) is 0 Å². The number of hydrogen-bond donors (Lipinski definition) is 0. The van der Waals surface area contributed by atoms with Crippen LogP contribution in [0.25, 0.3) is 5.69 Å². The van der Waals surface area contributed by atoms with E-state index in [2.05, 4.69) is 10.2 Å². The molecule has 0 saturated heterocycles. The molecule has 4 aliphatic carbocycles. The van der Waals surface area contributed by atoms with Crippen LogP contribution >= 0.6 is 11.8 Å². The Morgan fingerprint density at radius 3 is 2.46 bits per heavy atom. The summed E-state index contributed by atoms with van der Waals surface area (Å²) in [5, 5.41) is 9.04. The van der Waals surface area contributed by atoms with Crippen LogP contribution in [0.4, 0.5) is 0 Å². The molecule has 4 saturated carbocycles. The molecule has 6 heteroatoms. The predicted molar refractivity (Wildman–Crippen MR) is 109 cm³/mol. The van der Waals surface area contributed by atoms with Crippen LogP contribution < -0.4 is 4.74 Å². The Morgan fingerprint density at radius 1 is 1.18 bits per heavy atom. The lowest BCUT2D eigenvalue weighted by molar-refractivity contribution is -0.142. The zero-order valence-corrected chi connectivity index (χ0v) is 17.3. The Labute approximate surface area is 170 Å². The molecule has 4 fully saturated rings. The lowest BCUT2D eigenvalue weighted by atomic mass is 9.48. The number of para-hydroxylation sites is 2. The Kier molecular flexibility index (Phi) is 4.49. The molecule has 1 atom stereocenters. The van der Waals surface area contributed by atoms with Gasteiger partial charge in [-0.2, -0.15) is 0 Å². The van der Waals surface area contributed by atoms with E-state index in [-0.39, 0.29) is 10.7 Å². The Bertz CT molecular complexity index is 858. The van der Waals surface area contributed by atoms with E-state index in [1.807, 2.05) is 35.8 Å². The molecule has 0 amide bonds. The molecule has 4 aliphatic rings. The largest absolute Gasteiger partial charge is 0.495 e. The minimum atomic E-state index is -0.117. The first-order valence-corrected chi connectivity index (χ1v) is 11.2. The number of rotatable bonds is 6. The Morgan fingerprint density at radius 2 is 1.82 bits per heavy atom. The van der Waals surface area contributed by atoms with Crippen molar-refractivity contribution in [2.75, 3.05) is 7.11 Å². The van der Waals surface area contributed by atoms with Gasteiger partial charge in [0.1, 0.15) is 12.1 Å². The number of nitrogens with zero attached hydrogens (tertiary/aromatic N) is 3. The van der Waals surface area contributed by atoms with Crippen molar-refractivity contribution in [2.24, 2.45) is 23.2 Å². The molecule has 1 heterocycles. The molecule has 6 rings (SSSR count). The lowest BCUT2D eigenvalue weighted by Gasteiger charge is -2.56. The van der Waals surface area contributed by atoms with Crippen molar-refractivity contribution < 1.29 is 9.53 Å². The van der Waals surface area contributed by atoms with Gasteiger partial charge in [0.05, 0.1) is 18.0 Å². The number of thioether (sulfide) groups is 1. The highest BCUT2D eigenvalue weighted by Crippen LogP contribution is 2.61. The Hall–Kier alpha value is -1.82. The minimum Gasteiger partial charge on any atom is -0.495 e. The molecule has 1 unspecified atom stereocenters. The van der Waals surface area contributed by atoms with Crippen LogP contribution in [0, 0.1) is 23.2 Å². The molecular formula is C22H27N3O2S. The number of aromatic nitrogens is 3. The van der Waals surface area contributed by atoms with E-state index in [1.54, 1.807) is 13.4 Å². The van der Waals surface area contributed by atoms with Crippen molar-refractivity contribution >= 4 is 17.5 Å². The van der Waals surface area contributed by atoms with E-state index in [4.69, 9.17) is 4.74 Å². The highest BCUT2D eigenvalue weighted by molar-refractivity contribution is 8.00. The molecule has 0 radical (unpaired) electrons. The third kappa shape index (κ3) is 2.97. The molecule has 0 N–H and O–H groups in total. The summed E-state index contributed by atoms with van der Waals surface area (Å²) in [5.41, 5.74) is 0.822. The fourth-order valence-corrected chi connectivity index (χ4v) is 7.38. The van der Waals surface area contributed by atoms with E-state index in [0.717, 1.165) is 53.6 Å². The first-order valence-electron chi connectivity index (χ1n) is 10.3. The van der Waals surface area contributed by atoms with E-state index >= 15 is 0 Å². The minimum absolute atomic E-state index is 0.0730. The smallest absolute Gasteiger partial charge is 0.196 e. The van der Waals surface area contributed by atoms with Crippen LogP contribution in [0.1, 0.15) is 45.4 Å². The van der Waals surface area contributed by atoms with Crippen LogP contribution in [0.3, 0.4) is 0 Å². The topological polar surface area (TPSA) is 57.0 Å². The van der Waals surface area contributed by atoms with Gasteiger partial charge in [0.2, 0.25) is 0 Å². The number of methoxy groups -OCH3 is 1. The summed E-state index contributed by atoms with van der Waals surface area (Å²) in [5.74, 6) is 3.55. The van der Waals surface area contributed by atoms with Gasteiger partial charge in [-0.15, -0.1) is 10.2 Å². The molecule has 4 bridgehead atoms. The third-order valence-electron chi connectivity index (χ3n) is 7.07. The maximum atomic E-state index is 13.6. The number of ketones is 1. The molecule has 1 aromatic carbocycles. The zero-order valence-electron chi connectivity index (χ0n) is 16.5. The van der Waals surface area contributed by atoms with Crippen molar-refractivity contribution in [3.8, 4) is 11.4 Å². The summed E-state index contributed by atoms with van der Waals surface area (Å²) < 4.78 is 7.41. The quantitative estimate of drug-likeness (QED) is 0.670. The maximum absolute atomic E-state index is 13.6. The second-order valence-electron chi connectivity index (χ2n) is 8.98. The van der Waals surface area contributed by atoms with Crippen molar-refractivity contribution in [2.45, 2.75) is 55.9 Å². The average Bonchev–Trinajstić information content (AvgIpc) is 3.14. The molecule has 5 nitrogen and oxygen atoms in total. The molecule has 0 spiro atoms. The number of benzene rings is 1. The van der Waals surface area contributed by atoms with E-state index in [1.165, 1.54) is 31.0 Å². The van der Waals surface area contributed by atoms with Gasteiger partial charge in [-0.1, -0.05) is 23.9 Å². The summed E-state index contributed by atoms with van der Waals surface area (Å²) >= 11 is 1.53. The molecule has 148 valence electrons. The second-order valence-corrected chi connectivity index (χ2v) is 10.3. The van der Waals surface area contributed by atoms with Crippen LogP contribution in [0.5, 0.6) is 5.75 Å². The van der Waals surface area contributed by atoms with Gasteiger partial charge in [-0.3, -0.25) is 9.36 Å². The Balaban J connectivity index is 1.38. The van der Waals surface area contributed by atoms with Gasteiger partial charge in [0.25, 0.3) is 0 Å². The van der Waals surface area contributed by atoms with Gasteiger partial charge in [0, 0.05) is 5.41 Å². The first kappa shape index (κ1) is 18.2. The summed E-state index contributed by atoms with van der Waals surface area (Å²) in [4.78, 5) is 13.6. The average molecular weight is 398 g/mol. The zero-order chi connectivity index (χ0) is 19.3. The van der Waals surface area contributed by atoms with Gasteiger partial charge in [0.15, 0.2) is 10.9 Å². The van der Waals surface area contributed by atoms with Crippen molar-refractivity contribution in [1.82, 2.24) is 14.8 Å². The third-order valence-corrected chi connectivity index (χ3v) is 8.13. The molecular weight excluding hydrogens is 370 g/mol. The molecule has 28 heavy (non-hydrogen) atoms. The monoisotopic (exact) mass is 397 g/mol. The van der Waals surface area contributed by atoms with Crippen molar-refractivity contribution in [1.29, 1.82) is 0 Å². The first-order chi connectivity index (χ1) is 13.6. The van der Waals surface area contributed by atoms with E-state index in [0.29, 0.717) is 5.78 Å². The maximum Gasteiger partial charge on any atom is 0.196 e. The van der Waals surface area contributed by atoms with Crippen LogP contribution in [-0.2, 0) is 4.79 Å². The summed E-state index contributed by atoms with van der Waals surface area (Å²) in [6.45, 7) is 2.05. The highest BCUT2D eigenvalue weighted by atomic mass is 32.2. The number of hydrogen-bond acceptors (Lipinski definition) is 5. The standard InChI is InChI=1S/C22H27N3O2S/c1-14(20(26)22-10-15-7-16(11-22)9-17(8-15)12-22)28-21-24-23-13-25(21)18-5-3-4-6-19(18)27-2/h3-6,13-17H,7-12H2,1-2H3. The lowest BCUT2D eigenvalue weighted by Crippen LogP contribution is -2.51. The van der Waals surface area contributed by atoms with Gasteiger partial charge >= 0.3 is 0 Å². The summed E-state index contributed by atoms with van der Waals surface area (Å²) in [7, 11) is 1.66. The number of carbonyl (C=O) groups excluding carboxylic acids is 1. The fraction of sp³-hybridized carbons (Fsp3) is 0.591. The SMILES string of the molecule is COc1ccccc1-n1cnnc1SC(C)C(=O)C12CC3CC(CC(C3)C1)C2. The molecule has 0 aliphatic heterocycles. The molecule has 2 aromatic rings. The number of Topliss-reactive ketones (excluding diaryl/α,β-unsaturated/α-hetero) is 1. The van der Waals surface area contributed by atoms with Crippen LogP contribution in [-0.4, -0.2) is 32.9 Å². The fourth-order valence-electron chi connectivity index (χ4n) is 6.35. The van der Waals surface area contributed by atoms with Gasteiger partial charge in [-0.05, 0) is 75.3 Å². The van der Waals surface area contributed by atoms with Crippen molar-refractivity contribution in [3.63, 3.8) is 0 Å². The number of ether oxygens (including phenoxy) is 1. The van der Waals surface area contributed by atoms with Crippen LogP contribution in [0.15, 0.2) is 35.7 Å². The number of carbonyl (C=O) groups is 1. The predicted octanol–water partition coefficient (Wildman–Crippen LogP) is 4.54. The van der Waals surface area contributed by atoms with Gasteiger partial charge in [-0.25, -0.2) is 0 Å². The summed E-state index contributed by atoms with van der Waals surface area (Å²) in [6.07, 6.45) is 9.11. The normalized spacial score (nSPS) is 31.7. The van der Waals surface area contributed by atoms with Gasteiger partial charge < -0.3 is 4.74 Å². The second kappa shape index (κ2) is 6.90. The van der Waals surface area contributed by atoms with E-state index < -0.39 is 0 Å². The van der Waals surface area contributed by atoms with E-state index in [9.17, 15) is 4.79 Å². The van der Waals surface area contributed by atoms with Crippen molar-refractivity contribution in [3.05, 3.63) is 30.6 Å². The molecule has 1 aromatic heterocycles.